The summed E-state index contributed by atoms with van der Waals surface area (Å²) in [6, 6.07) is 24.1. The van der Waals surface area contributed by atoms with E-state index in [0.717, 1.165) is 42.6 Å². The Balaban J connectivity index is 1.34. The van der Waals surface area contributed by atoms with Gasteiger partial charge in [-0.05, 0) is 78.0 Å². The maximum Gasteiger partial charge on any atom is 0.241 e. The van der Waals surface area contributed by atoms with Gasteiger partial charge in [-0.2, -0.15) is 4.72 Å². The van der Waals surface area contributed by atoms with Crippen molar-refractivity contribution in [2.75, 3.05) is 0 Å². The van der Waals surface area contributed by atoms with E-state index in [1.54, 1.807) is 6.07 Å². The van der Waals surface area contributed by atoms with Gasteiger partial charge in [0.25, 0.3) is 0 Å². The average Bonchev–Trinajstić information content (AvgIpc) is 3.17. The minimum absolute atomic E-state index is 0.251. The average molecular weight is 432 g/mol. The van der Waals surface area contributed by atoms with Crippen molar-refractivity contribution in [3.63, 3.8) is 0 Å². The number of ether oxygens (including phenoxy) is 1. The smallest absolute Gasteiger partial charge is 0.241 e. The highest BCUT2D eigenvalue weighted by Gasteiger charge is 2.59. The van der Waals surface area contributed by atoms with Gasteiger partial charge in [0.1, 0.15) is 12.4 Å². The Morgan fingerprint density at radius 2 is 1.58 bits per heavy atom. The van der Waals surface area contributed by atoms with E-state index in [4.69, 9.17) is 4.74 Å². The molecule has 2 bridgehead atoms. The van der Waals surface area contributed by atoms with Crippen molar-refractivity contribution in [2.24, 2.45) is 11.8 Å². The number of nitrogens with one attached hydrogen (secondary N) is 1. The minimum Gasteiger partial charge on any atom is -0.489 e. The first-order valence-electron chi connectivity index (χ1n) is 11.0. The lowest BCUT2D eigenvalue weighted by Gasteiger charge is -2.35. The van der Waals surface area contributed by atoms with Crippen LogP contribution in [0.15, 0.2) is 77.7 Å². The SMILES string of the molecule is O=S1(=O)NC2(c3ccccc31)[C@@H]1CC[C@H]2Cc2ccc(OCc3ccccc3)cc2C1. The fourth-order valence-corrected chi connectivity index (χ4v) is 7.83. The zero-order valence-corrected chi connectivity index (χ0v) is 18.1. The highest BCUT2D eigenvalue weighted by Crippen LogP contribution is 2.57. The van der Waals surface area contributed by atoms with E-state index in [1.165, 1.54) is 11.1 Å². The molecule has 1 aliphatic heterocycles. The van der Waals surface area contributed by atoms with Crippen LogP contribution in [0.1, 0.15) is 35.1 Å². The molecule has 4 nitrogen and oxygen atoms in total. The Hall–Kier alpha value is -2.63. The predicted molar refractivity (Wildman–Crippen MR) is 119 cm³/mol. The van der Waals surface area contributed by atoms with Crippen molar-refractivity contribution in [3.8, 4) is 5.75 Å². The summed E-state index contributed by atoms with van der Waals surface area (Å²) in [4.78, 5) is 0.463. The molecular formula is C26H25NO3S. The van der Waals surface area contributed by atoms with Crippen LogP contribution in [0.3, 0.4) is 0 Å². The molecule has 1 spiro atoms. The van der Waals surface area contributed by atoms with Crippen LogP contribution in [-0.4, -0.2) is 8.42 Å². The molecule has 3 aromatic rings. The fourth-order valence-electron chi connectivity index (χ4n) is 6.05. The zero-order valence-electron chi connectivity index (χ0n) is 17.3. The highest BCUT2D eigenvalue weighted by molar-refractivity contribution is 7.89. The lowest BCUT2D eigenvalue weighted by atomic mass is 9.74. The molecule has 0 radical (unpaired) electrons. The van der Waals surface area contributed by atoms with Gasteiger partial charge in [0.2, 0.25) is 10.0 Å². The Bertz CT molecular complexity index is 1250. The van der Waals surface area contributed by atoms with Gasteiger partial charge in [0.05, 0.1) is 10.4 Å². The van der Waals surface area contributed by atoms with E-state index in [1.807, 2.05) is 36.4 Å². The van der Waals surface area contributed by atoms with Gasteiger partial charge in [0.15, 0.2) is 0 Å². The van der Waals surface area contributed by atoms with Crippen LogP contribution in [0.5, 0.6) is 5.75 Å². The number of hydrogen-bond donors (Lipinski definition) is 1. The second-order valence-electron chi connectivity index (χ2n) is 9.05. The molecule has 31 heavy (non-hydrogen) atoms. The largest absolute Gasteiger partial charge is 0.489 e. The van der Waals surface area contributed by atoms with Crippen molar-refractivity contribution in [2.45, 2.75) is 42.7 Å². The number of hydrogen-bond acceptors (Lipinski definition) is 3. The second kappa shape index (κ2) is 6.94. The summed E-state index contributed by atoms with van der Waals surface area (Å²) in [5, 5.41) is 0. The third-order valence-electron chi connectivity index (χ3n) is 7.44. The Morgan fingerprint density at radius 3 is 2.39 bits per heavy atom. The first-order valence-corrected chi connectivity index (χ1v) is 12.5. The molecule has 0 aromatic heterocycles. The summed E-state index contributed by atoms with van der Waals surface area (Å²) in [7, 11) is -3.47. The van der Waals surface area contributed by atoms with Gasteiger partial charge < -0.3 is 4.74 Å². The first kappa shape index (κ1) is 19.1. The predicted octanol–water partition coefficient (Wildman–Crippen LogP) is 4.58. The van der Waals surface area contributed by atoms with E-state index in [9.17, 15) is 8.42 Å². The maximum absolute atomic E-state index is 13.0. The van der Waals surface area contributed by atoms with Crippen LogP contribution in [0.4, 0.5) is 0 Å². The van der Waals surface area contributed by atoms with Crippen molar-refractivity contribution >= 4 is 10.0 Å². The van der Waals surface area contributed by atoms with E-state index in [2.05, 4.69) is 35.1 Å². The third-order valence-corrected chi connectivity index (χ3v) is 8.98. The molecule has 1 heterocycles. The minimum atomic E-state index is -3.47. The molecule has 6 rings (SSSR count). The van der Waals surface area contributed by atoms with Crippen molar-refractivity contribution < 1.29 is 13.2 Å². The number of rotatable bonds is 3. The quantitative estimate of drug-likeness (QED) is 0.661. The van der Waals surface area contributed by atoms with Gasteiger partial charge in [-0.15, -0.1) is 0 Å². The summed E-state index contributed by atoms with van der Waals surface area (Å²) in [5.74, 6) is 1.40. The lowest BCUT2D eigenvalue weighted by Crippen LogP contribution is -2.47. The summed E-state index contributed by atoms with van der Waals surface area (Å²) in [5.41, 5.74) is 4.24. The van der Waals surface area contributed by atoms with Gasteiger partial charge in [-0.25, -0.2) is 8.42 Å². The van der Waals surface area contributed by atoms with Crippen LogP contribution < -0.4 is 9.46 Å². The molecule has 1 N–H and O–H groups in total. The van der Waals surface area contributed by atoms with E-state index in [0.29, 0.717) is 11.5 Å². The highest BCUT2D eigenvalue weighted by atomic mass is 32.2. The van der Waals surface area contributed by atoms with E-state index >= 15 is 0 Å². The molecule has 3 aromatic carbocycles. The van der Waals surface area contributed by atoms with Crippen molar-refractivity contribution in [1.82, 2.24) is 4.72 Å². The van der Waals surface area contributed by atoms with Gasteiger partial charge in [-0.3, -0.25) is 0 Å². The number of benzene rings is 3. The monoisotopic (exact) mass is 431 g/mol. The summed E-state index contributed by atoms with van der Waals surface area (Å²) in [6.07, 6.45) is 3.84. The Kier molecular flexibility index (Phi) is 4.27. The molecule has 3 atom stereocenters. The Labute approximate surface area is 183 Å². The van der Waals surface area contributed by atoms with Crippen molar-refractivity contribution in [3.05, 3.63) is 95.1 Å². The number of sulfonamides is 1. The van der Waals surface area contributed by atoms with Gasteiger partial charge in [0, 0.05) is 0 Å². The second-order valence-corrected chi connectivity index (χ2v) is 10.7. The third kappa shape index (κ3) is 2.94. The van der Waals surface area contributed by atoms with E-state index in [-0.39, 0.29) is 11.8 Å². The van der Waals surface area contributed by atoms with Gasteiger partial charge in [-0.1, -0.05) is 54.6 Å². The summed E-state index contributed by atoms with van der Waals surface area (Å²) in [6.45, 7) is 0.544. The maximum atomic E-state index is 13.0. The van der Waals surface area contributed by atoms with Crippen LogP contribution in [0, 0.1) is 11.8 Å². The molecule has 5 heteroatoms. The standard InChI is InChI=1S/C26H25NO3S/c28-31(29)25-9-5-4-8-24(25)26(27-31)21-11-12-22(26)15-20-16-23(13-10-19(20)14-21)30-17-18-6-2-1-3-7-18/h1-10,13,16,21-22,27H,11-12,14-15,17H2/t21-,22+,26?/m0/s1. The molecule has 0 saturated heterocycles. The van der Waals surface area contributed by atoms with E-state index < -0.39 is 15.6 Å². The molecule has 2 aliphatic carbocycles. The molecule has 1 unspecified atom stereocenters. The summed E-state index contributed by atoms with van der Waals surface area (Å²) >= 11 is 0. The molecule has 1 saturated carbocycles. The molecule has 1 fully saturated rings. The summed E-state index contributed by atoms with van der Waals surface area (Å²) < 4.78 is 35.2. The zero-order chi connectivity index (χ0) is 21.1. The van der Waals surface area contributed by atoms with Crippen LogP contribution in [-0.2, 0) is 35.0 Å². The lowest BCUT2D eigenvalue weighted by molar-refractivity contribution is 0.232. The van der Waals surface area contributed by atoms with Gasteiger partial charge >= 0.3 is 0 Å². The molecule has 158 valence electrons. The van der Waals surface area contributed by atoms with Crippen LogP contribution in [0.2, 0.25) is 0 Å². The molecular weight excluding hydrogens is 406 g/mol. The van der Waals surface area contributed by atoms with Crippen molar-refractivity contribution in [1.29, 1.82) is 0 Å². The Morgan fingerprint density at radius 1 is 0.871 bits per heavy atom. The number of fused-ring (bicyclic) bond motifs is 2. The van der Waals surface area contributed by atoms with Crippen LogP contribution >= 0.6 is 0 Å². The molecule has 3 aliphatic rings. The first-order chi connectivity index (χ1) is 15.1. The topological polar surface area (TPSA) is 55.4 Å². The fraction of sp³-hybridized carbons (Fsp3) is 0.308. The molecule has 0 amide bonds. The van der Waals surface area contributed by atoms with Crippen LogP contribution in [0.25, 0.3) is 0 Å². The normalized spacial score (nSPS) is 27.5.